The second kappa shape index (κ2) is 6.06. The molecule has 0 radical (unpaired) electrons. The number of benzene rings is 2. The molecular weight excluding hydrogens is 253 g/mol. The summed E-state index contributed by atoms with van der Waals surface area (Å²) >= 11 is 0. The van der Waals surface area contributed by atoms with Gasteiger partial charge in [-0.15, -0.1) is 0 Å². The van der Waals surface area contributed by atoms with E-state index in [2.05, 4.69) is 5.32 Å². The topological polar surface area (TPSA) is 32.3 Å². The van der Waals surface area contributed by atoms with Gasteiger partial charge in [0.05, 0.1) is 0 Å². The first kappa shape index (κ1) is 14.5. The van der Waals surface area contributed by atoms with Crippen molar-refractivity contribution in [2.75, 3.05) is 0 Å². The van der Waals surface area contributed by atoms with Crippen molar-refractivity contribution in [1.29, 1.82) is 0 Å². The fourth-order valence-corrected chi connectivity index (χ4v) is 2.32. The molecule has 2 nitrogen and oxygen atoms in total. The lowest BCUT2D eigenvalue weighted by molar-refractivity contribution is 0.472. The summed E-state index contributed by atoms with van der Waals surface area (Å²) in [6, 6.07) is 11.1. The zero-order chi connectivity index (χ0) is 14.7. The molecule has 0 aliphatic heterocycles. The van der Waals surface area contributed by atoms with Crippen molar-refractivity contribution in [3.63, 3.8) is 0 Å². The Bertz CT molecular complexity index is 587. The monoisotopic (exact) mass is 273 g/mol. The summed E-state index contributed by atoms with van der Waals surface area (Å²) in [6.07, 6.45) is 0. The molecule has 0 aromatic heterocycles. The SMILES string of the molecule is Cc1cc(CNC(C)c2cccc(O)c2)cc(C)c1F. The van der Waals surface area contributed by atoms with Crippen LogP contribution in [0.2, 0.25) is 0 Å². The maximum Gasteiger partial charge on any atom is 0.129 e. The Balaban J connectivity index is 2.05. The van der Waals surface area contributed by atoms with E-state index < -0.39 is 0 Å². The van der Waals surface area contributed by atoms with Crippen LogP contribution in [0.4, 0.5) is 4.39 Å². The molecule has 2 aromatic rings. The lowest BCUT2D eigenvalue weighted by atomic mass is 10.0. The first-order chi connectivity index (χ1) is 9.47. The quantitative estimate of drug-likeness (QED) is 0.882. The van der Waals surface area contributed by atoms with Crippen molar-refractivity contribution in [3.05, 3.63) is 64.5 Å². The van der Waals surface area contributed by atoms with Crippen LogP contribution in [0.15, 0.2) is 36.4 Å². The molecule has 0 heterocycles. The smallest absolute Gasteiger partial charge is 0.129 e. The lowest BCUT2D eigenvalue weighted by Gasteiger charge is -2.15. The van der Waals surface area contributed by atoms with E-state index in [0.29, 0.717) is 17.7 Å². The summed E-state index contributed by atoms with van der Waals surface area (Å²) in [6.45, 7) is 6.27. The Hall–Kier alpha value is -1.87. The van der Waals surface area contributed by atoms with Crippen LogP contribution in [0, 0.1) is 19.7 Å². The third-order valence-corrected chi connectivity index (χ3v) is 3.48. The molecule has 20 heavy (non-hydrogen) atoms. The van der Waals surface area contributed by atoms with Gasteiger partial charge in [0.2, 0.25) is 0 Å². The Morgan fingerprint density at radius 1 is 1.15 bits per heavy atom. The van der Waals surface area contributed by atoms with E-state index >= 15 is 0 Å². The standard InChI is InChI=1S/C17H20FNO/c1-11-7-14(8-12(2)17(11)18)10-19-13(3)15-5-4-6-16(20)9-15/h4-9,13,19-20H,10H2,1-3H3. The summed E-state index contributed by atoms with van der Waals surface area (Å²) in [4.78, 5) is 0. The number of phenols is 1. The van der Waals surface area contributed by atoms with E-state index in [1.807, 2.05) is 31.2 Å². The average Bonchev–Trinajstić information content (AvgIpc) is 2.42. The van der Waals surface area contributed by atoms with Crippen molar-refractivity contribution >= 4 is 0 Å². The first-order valence-corrected chi connectivity index (χ1v) is 6.75. The summed E-state index contributed by atoms with van der Waals surface area (Å²) in [5.74, 6) is 0.138. The molecule has 0 bridgehead atoms. The highest BCUT2D eigenvalue weighted by Gasteiger charge is 2.08. The van der Waals surface area contributed by atoms with E-state index in [9.17, 15) is 9.50 Å². The Morgan fingerprint density at radius 3 is 2.40 bits per heavy atom. The molecule has 1 unspecified atom stereocenters. The normalized spacial score (nSPS) is 12.4. The van der Waals surface area contributed by atoms with Gasteiger partial charge in [-0.05, 0) is 55.2 Å². The van der Waals surface area contributed by atoms with Gasteiger partial charge in [-0.3, -0.25) is 0 Å². The van der Waals surface area contributed by atoms with Crippen molar-refractivity contribution < 1.29 is 9.50 Å². The Kier molecular flexibility index (Phi) is 4.40. The number of halogens is 1. The second-order valence-electron chi connectivity index (χ2n) is 5.24. The molecule has 2 rings (SSSR count). The number of phenolic OH excluding ortho intramolecular Hbond substituents is 1. The predicted octanol–water partition coefficient (Wildman–Crippen LogP) is 4.00. The number of rotatable bonds is 4. The summed E-state index contributed by atoms with van der Waals surface area (Å²) in [7, 11) is 0. The highest BCUT2D eigenvalue weighted by atomic mass is 19.1. The van der Waals surface area contributed by atoms with E-state index in [4.69, 9.17) is 0 Å². The van der Waals surface area contributed by atoms with Crippen molar-refractivity contribution in [2.24, 2.45) is 0 Å². The fraction of sp³-hybridized carbons (Fsp3) is 0.294. The van der Waals surface area contributed by atoms with Crippen molar-refractivity contribution in [2.45, 2.75) is 33.4 Å². The maximum absolute atomic E-state index is 13.6. The predicted molar refractivity (Wildman–Crippen MR) is 79.2 cm³/mol. The van der Waals surface area contributed by atoms with Gasteiger partial charge in [-0.2, -0.15) is 0 Å². The van der Waals surface area contributed by atoms with Gasteiger partial charge < -0.3 is 10.4 Å². The van der Waals surface area contributed by atoms with E-state index in [-0.39, 0.29) is 17.6 Å². The zero-order valence-corrected chi connectivity index (χ0v) is 12.1. The van der Waals surface area contributed by atoms with Gasteiger partial charge in [-0.25, -0.2) is 4.39 Å². The van der Waals surface area contributed by atoms with Crippen molar-refractivity contribution in [1.82, 2.24) is 5.32 Å². The average molecular weight is 273 g/mol. The molecule has 0 amide bonds. The number of hydrogen-bond donors (Lipinski definition) is 2. The molecular formula is C17H20FNO. The van der Waals surface area contributed by atoms with Gasteiger partial charge in [0.15, 0.2) is 0 Å². The van der Waals surface area contributed by atoms with Gasteiger partial charge in [-0.1, -0.05) is 24.3 Å². The summed E-state index contributed by atoms with van der Waals surface area (Å²) in [5.41, 5.74) is 3.44. The zero-order valence-electron chi connectivity index (χ0n) is 12.1. The number of aryl methyl sites for hydroxylation is 2. The maximum atomic E-state index is 13.6. The van der Waals surface area contributed by atoms with Gasteiger partial charge in [0.25, 0.3) is 0 Å². The molecule has 0 spiro atoms. The van der Waals surface area contributed by atoms with Crippen LogP contribution in [-0.4, -0.2) is 5.11 Å². The van der Waals surface area contributed by atoms with Crippen LogP contribution < -0.4 is 5.32 Å². The first-order valence-electron chi connectivity index (χ1n) is 6.75. The van der Waals surface area contributed by atoms with Crippen LogP contribution in [0.5, 0.6) is 5.75 Å². The van der Waals surface area contributed by atoms with Gasteiger partial charge >= 0.3 is 0 Å². The second-order valence-corrected chi connectivity index (χ2v) is 5.24. The molecule has 0 fully saturated rings. The number of hydrogen-bond acceptors (Lipinski definition) is 2. The van der Waals surface area contributed by atoms with E-state index in [1.165, 1.54) is 0 Å². The van der Waals surface area contributed by atoms with E-state index in [0.717, 1.165) is 11.1 Å². The van der Waals surface area contributed by atoms with Gasteiger partial charge in [0.1, 0.15) is 11.6 Å². The molecule has 0 aliphatic rings. The Morgan fingerprint density at radius 2 is 1.80 bits per heavy atom. The molecule has 3 heteroatoms. The summed E-state index contributed by atoms with van der Waals surface area (Å²) in [5, 5.41) is 12.9. The van der Waals surface area contributed by atoms with Crippen molar-refractivity contribution in [3.8, 4) is 5.75 Å². The third kappa shape index (κ3) is 3.36. The third-order valence-electron chi connectivity index (χ3n) is 3.48. The molecule has 0 saturated heterocycles. The van der Waals surface area contributed by atoms with E-state index in [1.54, 1.807) is 26.0 Å². The molecule has 2 aromatic carbocycles. The Labute approximate surface area is 119 Å². The molecule has 2 N–H and O–H groups in total. The van der Waals surface area contributed by atoms with Crippen LogP contribution in [0.3, 0.4) is 0 Å². The minimum absolute atomic E-state index is 0.118. The highest BCUT2D eigenvalue weighted by molar-refractivity contribution is 5.31. The number of aromatic hydroxyl groups is 1. The minimum Gasteiger partial charge on any atom is -0.508 e. The van der Waals surface area contributed by atoms with Gasteiger partial charge in [0, 0.05) is 12.6 Å². The molecule has 0 aliphatic carbocycles. The van der Waals surface area contributed by atoms with Crippen LogP contribution in [0.1, 0.15) is 35.2 Å². The lowest BCUT2D eigenvalue weighted by Crippen LogP contribution is -2.18. The fourth-order valence-electron chi connectivity index (χ4n) is 2.32. The number of nitrogens with one attached hydrogen (secondary N) is 1. The molecule has 0 saturated carbocycles. The van der Waals surface area contributed by atoms with Crippen LogP contribution >= 0.6 is 0 Å². The molecule has 1 atom stereocenters. The largest absolute Gasteiger partial charge is 0.508 e. The molecule has 106 valence electrons. The minimum atomic E-state index is -0.130. The van der Waals surface area contributed by atoms with Crippen LogP contribution in [-0.2, 0) is 6.54 Å². The highest BCUT2D eigenvalue weighted by Crippen LogP contribution is 2.19. The van der Waals surface area contributed by atoms with Crippen LogP contribution in [0.25, 0.3) is 0 Å². The summed E-state index contributed by atoms with van der Waals surface area (Å²) < 4.78 is 13.6.